The molecule has 3 N–H and O–H groups in total. The van der Waals surface area contributed by atoms with Gasteiger partial charge in [-0.1, -0.05) is 6.92 Å². The molecule has 156 valence electrons. The van der Waals surface area contributed by atoms with Crippen LogP contribution in [0.15, 0.2) is 23.1 Å². The van der Waals surface area contributed by atoms with Crippen LogP contribution in [-0.2, 0) is 19.4 Å². The van der Waals surface area contributed by atoms with Crippen molar-refractivity contribution in [3.8, 4) is 0 Å². The van der Waals surface area contributed by atoms with Crippen molar-refractivity contribution in [2.45, 2.75) is 46.6 Å². The van der Waals surface area contributed by atoms with Crippen LogP contribution in [0.4, 0.5) is 5.00 Å². The first-order valence-electron chi connectivity index (χ1n) is 10.1. The summed E-state index contributed by atoms with van der Waals surface area (Å²) < 4.78 is 1.79. The number of pyridine rings is 2. The number of nitrogens with two attached hydrogens (primary N) is 1. The van der Waals surface area contributed by atoms with Crippen molar-refractivity contribution >= 4 is 39.2 Å². The fourth-order valence-electron chi connectivity index (χ4n) is 4.03. The number of nitrogens with zero attached hydrogens (tertiary/aromatic N) is 2. The lowest BCUT2D eigenvalue weighted by molar-refractivity contribution is 0.1000. The molecule has 0 spiro atoms. The van der Waals surface area contributed by atoms with Crippen LogP contribution in [0.2, 0.25) is 0 Å². The van der Waals surface area contributed by atoms with Crippen molar-refractivity contribution in [2.75, 3.05) is 5.32 Å². The number of primary amides is 1. The highest BCUT2D eigenvalue weighted by Crippen LogP contribution is 2.39. The van der Waals surface area contributed by atoms with Gasteiger partial charge in [-0.15, -0.1) is 11.3 Å². The second-order valence-electron chi connectivity index (χ2n) is 7.86. The fraction of sp³-hybridized carbons (Fsp3) is 0.364. The summed E-state index contributed by atoms with van der Waals surface area (Å²) in [7, 11) is 0. The number of nitrogens with one attached hydrogen (secondary N) is 1. The SMILES string of the molecule is CCn1cc(C(=O)Nc2sc3c(c2C(N)=O)CC[C@H](C)C3)c(=O)c2ccc(C)nc21. The maximum absolute atomic E-state index is 13.1. The number of amides is 2. The maximum Gasteiger partial charge on any atom is 0.261 e. The maximum atomic E-state index is 13.1. The standard InChI is InChI=1S/C22H24N4O3S/c1-4-26-10-15(18(27)14-8-6-12(3)24-20(14)26)21(29)25-22-17(19(23)28)13-7-5-11(2)9-16(13)30-22/h6,8,10-11H,4-5,7,9H2,1-3H3,(H2,23,28)(H,25,29)/t11-/m0/s1. The molecule has 1 aliphatic rings. The summed E-state index contributed by atoms with van der Waals surface area (Å²) in [5.74, 6) is -0.575. The molecule has 4 rings (SSSR count). The molecule has 1 aliphatic carbocycles. The Morgan fingerprint density at radius 1 is 1.37 bits per heavy atom. The molecule has 1 atom stereocenters. The minimum Gasteiger partial charge on any atom is -0.365 e. The Morgan fingerprint density at radius 2 is 2.13 bits per heavy atom. The second-order valence-corrected chi connectivity index (χ2v) is 8.96. The van der Waals surface area contributed by atoms with E-state index in [1.807, 2.05) is 13.8 Å². The molecule has 0 radical (unpaired) electrons. The van der Waals surface area contributed by atoms with Gasteiger partial charge in [0.15, 0.2) is 0 Å². The van der Waals surface area contributed by atoms with Gasteiger partial charge in [0.05, 0.1) is 10.9 Å². The van der Waals surface area contributed by atoms with Crippen LogP contribution in [0.1, 0.15) is 57.1 Å². The number of carbonyl (C=O) groups excluding carboxylic acids is 2. The van der Waals surface area contributed by atoms with E-state index in [2.05, 4.69) is 17.2 Å². The van der Waals surface area contributed by atoms with Crippen molar-refractivity contribution in [3.05, 3.63) is 55.8 Å². The van der Waals surface area contributed by atoms with Crippen molar-refractivity contribution in [3.63, 3.8) is 0 Å². The summed E-state index contributed by atoms with van der Waals surface area (Å²) in [6, 6.07) is 3.45. The topological polar surface area (TPSA) is 107 Å². The lowest BCUT2D eigenvalue weighted by atomic mass is 9.88. The van der Waals surface area contributed by atoms with Crippen LogP contribution < -0.4 is 16.5 Å². The van der Waals surface area contributed by atoms with Gasteiger partial charge < -0.3 is 15.6 Å². The van der Waals surface area contributed by atoms with Crippen molar-refractivity contribution in [2.24, 2.45) is 11.7 Å². The smallest absolute Gasteiger partial charge is 0.261 e. The van der Waals surface area contributed by atoms with E-state index in [1.165, 1.54) is 17.5 Å². The molecule has 0 unspecified atom stereocenters. The predicted molar refractivity (Wildman–Crippen MR) is 118 cm³/mol. The van der Waals surface area contributed by atoms with E-state index in [9.17, 15) is 14.4 Å². The number of rotatable bonds is 4. The third-order valence-corrected chi connectivity index (χ3v) is 6.80. The Bertz CT molecular complexity index is 1240. The molecule has 0 saturated carbocycles. The van der Waals surface area contributed by atoms with E-state index < -0.39 is 11.8 Å². The lowest BCUT2D eigenvalue weighted by Crippen LogP contribution is -2.25. The number of carbonyl (C=O) groups is 2. The average molecular weight is 425 g/mol. The summed E-state index contributed by atoms with van der Waals surface area (Å²) in [6.07, 6.45) is 4.15. The van der Waals surface area contributed by atoms with Crippen LogP contribution in [0.5, 0.6) is 0 Å². The van der Waals surface area contributed by atoms with Gasteiger partial charge in [-0.3, -0.25) is 14.4 Å². The third-order valence-electron chi connectivity index (χ3n) is 5.63. The van der Waals surface area contributed by atoms with Gasteiger partial charge in [0.25, 0.3) is 11.8 Å². The first-order chi connectivity index (χ1) is 14.3. The summed E-state index contributed by atoms with van der Waals surface area (Å²) in [6.45, 7) is 6.51. The monoisotopic (exact) mass is 424 g/mol. The molecule has 0 saturated heterocycles. The predicted octanol–water partition coefficient (Wildman–Crippen LogP) is 3.26. The Labute approximate surface area is 177 Å². The average Bonchev–Trinajstić information content (AvgIpc) is 3.05. The molecule has 0 aliphatic heterocycles. The van der Waals surface area contributed by atoms with Crippen molar-refractivity contribution in [1.82, 2.24) is 9.55 Å². The van der Waals surface area contributed by atoms with Crippen LogP contribution in [0.3, 0.4) is 0 Å². The quantitative estimate of drug-likeness (QED) is 0.670. The lowest BCUT2D eigenvalue weighted by Gasteiger charge is -2.18. The molecule has 2 amide bonds. The van der Waals surface area contributed by atoms with E-state index in [-0.39, 0.29) is 11.0 Å². The van der Waals surface area contributed by atoms with Gasteiger partial charge in [0.2, 0.25) is 5.43 Å². The molecule has 7 nitrogen and oxygen atoms in total. The zero-order chi connectivity index (χ0) is 21.6. The van der Waals surface area contributed by atoms with E-state index in [4.69, 9.17) is 5.73 Å². The molecular weight excluding hydrogens is 400 g/mol. The number of thiophene rings is 1. The first-order valence-corrected chi connectivity index (χ1v) is 10.9. The highest BCUT2D eigenvalue weighted by atomic mass is 32.1. The van der Waals surface area contributed by atoms with Gasteiger partial charge in [0, 0.05) is 23.3 Å². The summed E-state index contributed by atoms with van der Waals surface area (Å²) in [5, 5.41) is 3.61. The molecule has 0 fully saturated rings. The normalized spacial score (nSPS) is 15.8. The van der Waals surface area contributed by atoms with E-state index in [0.29, 0.717) is 34.1 Å². The molecule has 3 aromatic heterocycles. The van der Waals surface area contributed by atoms with E-state index in [1.54, 1.807) is 16.7 Å². The van der Waals surface area contributed by atoms with Crippen LogP contribution >= 0.6 is 11.3 Å². The number of fused-ring (bicyclic) bond motifs is 2. The van der Waals surface area contributed by atoms with Gasteiger partial charge in [-0.2, -0.15) is 0 Å². The fourth-order valence-corrected chi connectivity index (χ4v) is 5.44. The highest BCUT2D eigenvalue weighted by Gasteiger charge is 2.28. The van der Waals surface area contributed by atoms with E-state index >= 15 is 0 Å². The van der Waals surface area contributed by atoms with Crippen LogP contribution in [0.25, 0.3) is 11.0 Å². The number of hydrogen-bond acceptors (Lipinski definition) is 5. The largest absolute Gasteiger partial charge is 0.365 e. The van der Waals surface area contributed by atoms with Crippen molar-refractivity contribution in [1.29, 1.82) is 0 Å². The van der Waals surface area contributed by atoms with Gasteiger partial charge >= 0.3 is 0 Å². The molecule has 0 bridgehead atoms. The zero-order valence-corrected chi connectivity index (χ0v) is 18.1. The third kappa shape index (κ3) is 3.41. The molecule has 3 aromatic rings. The Kier molecular flexibility index (Phi) is 5.19. The molecule has 8 heteroatoms. The number of aromatic nitrogens is 2. The number of hydrogen-bond donors (Lipinski definition) is 2. The van der Waals surface area contributed by atoms with Gasteiger partial charge in [-0.05, 0) is 56.7 Å². The highest BCUT2D eigenvalue weighted by molar-refractivity contribution is 7.17. The summed E-state index contributed by atoms with van der Waals surface area (Å²) >= 11 is 1.38. The second kappa shape index (κ2) is 7.68. The Morgan fingerprint density at radius 3 is 2.83 bits per heavy atom. The van der Waals surface area contributed by atoms with Gasteiger partial charge in [-0.25, -0.2) is 4.98 Å². The minimum atomic E-state index is -0.554. The zero-order valence-electron chi connectivity index (χ0n) is 17.2. The summed E-state index contributed by atoms with van der Waals surface area (Å²) in [5.41, 5.74) is 7.94. The van der Waals surface area contributed by atoms with Crippen molar-refractivity contribution < 1.29 is 9.59 Å². The van der Waals surface area contributed by atoms with Crippen LogP contribution in [-0.4, -0.2) is 21.4 Å². The number of anilines is 1. The van der Waals surface area contributed by atoms with E-state index in [0.717, 1.165) is 35.4 Å². The Hall–Kier alpha value is -3.00. The molecule has 0 aromatic carbocycles. The first kappa shape index (κ1) is 20.3. The minimum absolute atomic E-state index is 0.0187. The summed E-state index contributed by atoms with van der Waals surface area (Å²) in [4.78, 5) is 43.7. The van der Waals surface area contributed by atoms with Crippen LogP contribution in [0, 0.1) is 12.8 Å². The number of aryl methyl sites for hydroxylation is 2. The molecular formula is C22H24N4O3S. The molecule has 3 heterocycles. The van der Waals surface area contributed by atoms with Gasteiger partial charge in [0.1, 0.15) is 16.2 Å². The molecule has 30 heavy (non-hydrogen) atoms. The Balaban J connectivity index is 1.78.